The quantitative estimate of drug-likeness (QED) is 0.773. The van der Waals surface area contributed by atoms with Crippen LogP contribution in [0.2, 0.25) is 0 Å². The van der Waals surface area contributed by atoms with E-state index in [2.05, 4.69) is 55.1 Å². The molecular formula is C20H26N2O. The second-order valence-corrected chi connectivity index (χ2v) is 5.96. The van der Waals surface area contributed by atoms with Gasteiger partial charge in [-0.05, 0) is 44.7 Å². The van der Waals surface area contributed by atoms with Crippen LogP contribution in [0.3, 0.4) is 0 Å². The lowest BCUT2D eigenvalue weighted by atomic mass is 10.1. The number of hydrogen-bond acceptors (Lipinski definition) is 3. The Labute approximate surface area is 139 Å². The predicted octanol–water partition coefficient (Wildman–Crippen LogP) is 3.97. The molecule has 2 rings (SSSR count). The average molecular weight is 310 g/mol. The fourth-order valence-corrected chi connectivity index (χ4v) is 2.50. The first-order chi connectivity index (χ1) is 11.1. The van der Waals surface area contributed by atoms with Crippen LogP contribution in [0.25, 0.3) is 6.08 Å². The van der Waals surface area contributed by atoms with Gasteiger partial charge < -0.3 is 4.74 Å². The molecule has 23 heavy (non-hydrogen) atoms. The van der Waals surface area contributed by atoms with E-state index < -0.39 is 0 Å². The van der Waals surface area contributed by atoms with Gasteiger partial charge in [-0.3, -0.25) is 9.88 Å². The minimum Gasteiger partial charge on any atom is -0.496 e. The molecule has 1 aromatic carbocycles. The van der Waals surface area contributed by atoms with Crippen LogP contribution in [-0.2, 0) is 6.42 Å². The molecular weight excluding hydrogens is 284 g/mol. The van der Waals surface area contributed by atoms with E-state index in [4.69, 9.17) is 4.74 Å². The fourth-order valence-electron chi connectivity index (χ4n) is 2.50. The number of benzene rings is 1. The van der Waals surface area contributed by atoms with Crippen molar-refractivity contribution in [2.45, 2.75) is 26.3 Å². The normalized spacial score (nSPS) is 12.7. The lowest BCUT2D eigenvalue weighted by molar-refractivity contribution is 0.281. The first-order valence-corrected chi connectivity index (χ1v) is 8.01. The third-order valence-corrected chi connectivity index (χ3v) is 4.06. The van der Waals surface area contributed by atoms with Crippen molar-refractivity contribution in [1.29, 1.82) is 0 Å². The van der Waals surface area contributed by atoms with Crippen molar-refractivity contribution >= 4 is 6.08 Å². The maximum absolute atomic E-state index is 5.37. The minimum absolute atomic E-state index is 0.437. The first kappa shape index (κ1) is 17.2. The molecule has 1 unspecified atom stereocenters. The molecule has 0 N–H and O–H groups in total. The summed E-state index contributed by atoms with van der Waals surface area (Å²) in [5.41, 5.74) is 3.52. The molecule has 0 bridgehead atoms. The summed E-state index contributed by atoms with van der Waals surface area (Å²) in [5, 5.41) is 0. The monoisotopic (exact) mass is 310 g/mol. The zero-order valence-electron chi connectivity index (χ0n) is 14.5. The van der Waals surface area contributed by atoms with Crippen molar-refractivity contribution in [3.63, 3.8) is 0 Å². The lowest BCUT2D eigenvalue weighted by Crippen LogP contribution is -2.31. The average Bonchev–Trinajstić information content (AvgIpc) is 2.55. The van der Waals surface area contributed by atoms with Gasteiger partial charge in [0, 0.05) is 36.5 Å². The molecule has 0 fully saturated rings. The van der Waals surface area contributed by atoms with Crippen LogP contribution in [-0.4, -0.2) is 36.6 Å². The van der Waals surface area contributed by atoms with E-state index in [1.54, 1.807) is 7.11 Å². The Morgan fingerprint density at radius 3 is 2.78 bits per heavy atom. The van der Waals surface area contributed by atoms with Crippen molar-refractivity contribution in [3.05, 3.63) is 65.5 Å². The molecule has 1 heterocycles. The molecule has 0 aliphatic heterocycles. The molecule has 3 heteroatoms. The highest BCUT2D eigenvalue weighted by atomic mass is 16.5. The highest BCUT2D eigenvalue weighted by Gasteiger charge is 2.09. The number of ether oxygens (including phenoxy) is 1. The van der Waals surface area contributed by atoms with Crippen molar-refractivity contribution in [2.75, 3.05) is 20.7 Å². The van der Waals surface area contributed by atoms with Gasteiger partial charge in [0.15, 0.2) is 0 Å². The maximum atomic E-state index is 5.37. The molecule has 0 spiro atoms. The Morgan fingerprint density at radius 2 is 2.04 bits per heavy atom. The largest absolute Gasteiger partial charge is 0.496 e. The van der Waals surface area contributed by atoms with Crippen LogP contribution in [0.15, 0.2) is 48.7 Å². The van der Waals surface area contributed by atoms with Crippen molar-refractivity contribution in [1.82, 2.24) is 9.88 Å². The van der Waals surface area contributed by atoms with E-state index in [1.165, 1.54) is 5.56 Å². The molecule has 0 saturated carbocycles. The van der Waals surface area contributed by atoms with E-state index in [1.807, 2.05) is 30.5 Å². The first-order valence-electron chi connectivity index (χ1n) is 8.01. The molecule has 122 valence electrons. The highest BCUT2D eigenvalue weighted by Crippen LogP contribution is 2.18. The van der Waals surface area contributed by atoms with Gasteiger partial charge in [0.05, 0.1) is 7.11 Å². The van der Waals surface area contributed by atoms with Crippen LogP contribution in [0, 0.1) is 6.92 Å². The summed E-state index contributed by atoms with van der Waals surface area (Å²) in [6, 6.07) is 12.7. The Balaban J connectivity index is 1.91. The molecule has 0 amide bonds. The van der Waals surface area contributed by atoms with Gasteiger partial charge in [-0.25, -0.2) is 0 Å². The zero-order valence-corrected chi connectivity index (χ0v) is 14.5. The Kier molecular flexibility index (Phi) is 6.36. The number of methoxy groups -OCH3 is 1. The van der Waals surface area contributed by atoms with Gasteiger partial charge in [-0.15, -0.1) is 0 Å². The molecule has 1 atom stereocenters. The number of pyridine rings is 1. The molecule has 0 aliphatic carbocycles. The number of aromatic nitrogens is 1. The van der Waals surface area contributed by atoms with Crippen LogP contribution < -0.4 is 4.74 Å². The Hall–Kier alpha value is -2.13. The fraction of sp³-hybridized carbons (Fsp3) is 0.350. The van der Waals surface area contributed by atoms with Gasteiger partial charge >= 0.3 is 0 Å². The van der Waals surface area contributed by atoms with Gasteiger partial charge in [0.1, 0.15) is 5.75 Å². The number of hydrogen-bond donors (Lipinski definition) is 0. The summed E-state index contributed by atoms with van der Waals surface area (Å²) in [5.74, 6) is 0.906. The van der Waals surface area contributed by atoms with Crippen molar-refractivity contribution in [3.8, 4) is 5.75 Å². The molecule has 1 aromatic heterocycles. The second kappa shape index (κ2) is 8.49. The number of likely N-dealkylation sites (N-methyl/N-ethyl adjacent to an activating group) is 1. The molecule has 0 radical (unpaired) electrons. The SMILES string of the molecule is COc1ccccc1C=CCN(C)C(C)Cc1cc(C)ccn1. The van der Waals surface area contributed by atoms with E-state index in [9.17, 15) is 0 Å². The van der Waals surface area contributed by atoms with Gasteiger partial charge in [0.25, 0.3) is 0 Å². The number of rotatable bonds is 7. The Morgan fingerprint density at radius 1 is 1.26 bits per heavy atom. The summed E-state index contributed by atoms with van der Waals surface area (Å²) in [4.78, 5) is 6.78. The van der Waals surface area contributed by atoms with Crippen LogP contribution in [0.1, 0.15) is 23.7 Å². The van der Waals surface area contributed by atoms with Crippen molar-refractivity contribution in [2.24, 2.45) is 0 Å². The lowest BCUT2D eigenvalue weighted by Gasteiger charge is -2.23. The van der Waals surface area contributed by atoms with Gasteiger partial charge in [-0.1, -0.05) is 30.4 Å². The summed E-state index contributed by atoms with van der Waals surface area (Å²) < 4.78 is 5.37. The van der Waals surface area contributed by atoms with E-state index in [0.29, 0.717) is 6.04 Å². The third kappa shape index (κ3) is 5.22. The Bertz CT molecular complexity index is 652. The number of nitrogens with zero attached hydrogens (tertiary/aromatic N) is 2. The summed E-state index contributed by atoms with van der Waals surface area (Å²) in [6.45, 7) is 5.24. The van der Waals surface area contributed by atoms with E-state index in [0.717, 1.165) is 30.0 Å². The van der Waals surface area contributed by atoms with Gasteiger partial charge in [-0.2, -0.15) is 0 Å². The predicted molar refractivity (Wildman–Crippen MR) is 96.8 cm³/mol. The second-order valence-electron chi connectivity index (χ2n) is 5.96. The highest BCUT2D eigenvalue weighted by molar-refractivity contribution is 5.57. The summed E-state index contributed by atoms with van der Waals surface area (Å²) in [7, 11) is 3.85. The zero-order chi connectivity index (χ0) is 16.7. The summed E-state index contributed by atoms with van der Waals surface area (Å²) >= 11 is 0. The van der Waals surface area contributed by atoms with E-state index >= 15 is 0 Å². The van der Waals surface area contributed by atoms with E-state index in [-0.39, 0.29) is 0 Å². The molecule has 0 aliphatic rings. The molecule has 0 saturated heterocycles. The standard InChI is InChI=1S/C20H26N2O/c1-16-11-12-21-19(14-16)15-17(2)22(3)13-7-9-18-8-5-6-10-20(18)23-4/h5-12,14,17H,13,15H2,1-4H3. The summed E-state index contributed by atoms with van der Waals surface area (Å²) in [6.07, 6.45) is 7.14. The topological polar surface area (TPSA) is 25.4 Å². The maximum Gasteiger partial charge on any atom is 0.126 e. The van der Waals surface area contributed by atoms with Crippen molar-refractivity contribution < 1.29 is 4.74 Å². The number of aryl methyl sites for hydroxylation is 1. The van der Waals surface area contributed by atoms with Crippen LogP contribution >= 0.6 is 0 Å². The number of para-hydroxylation sites is 1. The van der Waals surface area contributed by atoms with Crippen LogP contribution in [0.4, 0.5) is 0 Å². The van der Waals surface area contributed by atoms with Crippen LogP contribution in [0.5, 0.6) is 5.75 Å². The molecule has 2 aromatic rings. The molecule has 3 nitrogen and oxygen atoms in total. The van der Waals surface area contributed by atoms with Gasteiger partial charge in [0.2, 0.25) is 0 Å². The third-order valence-electron chi connectivity index (χ3n) is 4.06. The smallest absolute Gasteiger partial charge is 0.126 e. The minimum atomic E-state index is 0.437.